The van der Waals surface area contributed by atoms with E-state index in [2.05, 4.69) is 6.58 Å². The Labute approximate surface area is 89.8 Å². The lowest BCUT2D eigenvalue weighted by Crippen LogP contribution is -2.16. The van der Waals surface area contributed by atoms with Crippen LogP contribution in [-0.4, -0.2) is 17.9 Å². The van der Waals surface area contributed by atoms with E-state index in [1.165, 1.54) is 0 Å². The molecule has 1 aliphatic rings. The van der Waals surface area contributed by atoms with Gasteiger partial charge in [-0.15, -0.1) is 6.58 Å². The van der Waals surface area contributed by atoms with Gasteiger partial charge in [-0.2, -0.15) is 0 Å². The third-order valence-corrected chi connectivity index (χ3v) is 2.58. The highest BCUT2D eigenvalue weighted by Crippen LogP contribution is 2.28. The highest BCUT2D eigenvalue weighted by atomic mass is 16.5. The molecule has 1 aliphatic carbocycles. The number of hydrogen-bond donors (Lipinski definition) is 0. The van der Waals surface area contributed by atoms with E-state index in [9.17, 15) is 9.59 Å². The van der Waals surface area contributed by atoms with Crippen molar-refractivity contribution in [3.63, 3.8) is 0 Å². The minimum atomic E-state index is -0.347. The average Bonchev–Trinajstić information content (AvgIpc) is 2.46. The lowest BCUT2D eigenvalue weighted by molar-refractivity contribution is -0.147. The van der Waals surface area contributed by atoms with E-state index in [0.717, 1.165) is 11.1 Å². The van der Waals surface area contributed by atoms with Crippen molar-refractivity contribution in [3.8, 4) is 0 Å². The van der Waals surface area contributed by atoms with Gasteiger partial charge in [0.2, 0.25) is 0 Å². The number of hydrogen-bond acceptors (Lipinski definition) is 3. The number of ketones is 1. The molecule has 15 heavy (non-hydrogen) atoms. The molecule has 0 aliphatic heterocycles. The van der Waals surface area contributed by atoms with Gasteiger partial charge in [-0.3, -0.25) is 9.59 Å². The molecule has 0 aromatic carbocycles. The third-order valence-electron chi connectivity index (χ3n) is 2.58. The van der Waals surface area contributed by atoms with Crippen molar-refractivity contribution >= 4 is 11.8 Å². The van der Waals surface area contributed by atoms with Gasteiger partial charge in [-0.25, -0.2) is 0 Å². The molecule has 0 spiro atoms. The molecular formula is C12H16O3. The van der Waals surface area contributed by atoms with Crippen molar-refractivity contribution in [1.82, 2.24) is 0 Å². The SMILES string of the molecule is C=CCC1=C(C)C(OC(=O)CC)CC1=O. The molecule has 0 amide bonds. The van der Waals surface area contributed by atoms with Crippen LogP contribution < -0.4 is 0 Å². The Morgan fingerprint density at radius 1 is 1.67 bits per heavy atom. The van der Waals surface area contributed by atoms with Crippen LogP contribution in [0.3, 0.4) is 0 Å². The molecule has 3 nitrogen and oxygen atoms in total. The van der Waals surface area contributed by atoms with Crippen molar-refractivity contribution < 1.29 is 14.3 Å². The van der Waals surface area contributed by atoms with Crippen molar-refractivity contribution in [2.24, 2.45) is 0 Å². The van der Waals surface area contributed by atoms with Gasteiger partial charge in [-0.05, 0) is 18.9 Å². The van der Waals surface area contributed by atoms with E-state index in [-0.39, 0.29) is 17.9 Å². The van der Waals surface area contributed by atoms with Gasteiger partial charge < -0.3 is 4.74 Å². The summed E-state index contributed by atoms with van der Waals surface area (Å²) >= 11 is 0. The number of carbonyl (C=O) groups is 2. The van der Waals surface area contributed by atoms with E-state index in [1.807, 2.05) is 6.92 Å². The summed E-state index contributed by atoms with van der Waals surface area (Å²) < 4.78 is 5.17. The maximum absolute atomic E-state index is 11.6. The first-order chi connectivity index (χ1) is 7.10. The number of rotatable bonds is 4. The number of ether oxygens (including phenoxy) is 1. The van der Waals surface area contributed by atoms with Gasteiger partial charge in [0, 0.05) is 12.0 Å². The topological polar surface area (TPSA) is 43.4 Å². The van der Waals surface area contributed by atoms with Crippen molar-refractivity contribution in [2.45, 2.75) is 39.2 Å². The third kappa shape index (κ3) is 2.55. The van der Waals surface area contributed by atoms with E-state index in [1.54, 1.807) is 13.0 Å². The fourth-order valence-electron chi connectivity index (χ4n) is 1.65. The summed E-state index contributed by atoms with van der Waals surface area (Å²) in [6.07, 6.45) is 2.54. The molecule has 0 radical (unpaired) electrons. The minimum absolute atomic E-state index is 0.0707. The van der Waals surface area contributed by atoms with Gasteiger partial charge >= 0.3 is 5.97 Å². The molecule has 1 atom stereocenters. The van der Waals surface area contributed by atoms with Crippen molar-refractivity contribution in [2.75, 3.05) is 0 Å². The normalized spacial score (nSPS) is 20.7. The van der Waals surface area contributed by atoms with Crippen LogP contribution in [0, 0.1) is 0 Å². The average molecular weight is 208 g/mol. The molecule has 0 aromatic rings. The highest BCUT2D eigenvalue weighted by molar-refractivity contribution is 6.00. The summed E-state index contributed by atoms with van der Waals surface area (Å²) in [5, 5.41) is 0. The Kier molecular flexibility index (Phi) is 3.83. The van der Waals surface area contributed by atoms with Crippen LogP contribution in [0.15, 0.2) is 23.8 Å². The summed E-state index contributed by atoms with van der Waals surface area (Å²) in [6, 6.07) is 0. The second kappa shape index (κ2) is 4.91. The summed E-state index contributed by atoms with van der Waals surface area (Å²) in [7, 11) is 0. The predicted octanol–water partition coefficient (Wildman–Crippen LogP) is 2.17. The van der Waals surface area contributed by atoms with Crippen LogP contribution in [-0.2, 0) is 14.3 Å². The molecular weight excluding hydrogens is 192 g/mol. The second-order valence-electron chi connectivity index (χ2n) is 3.61. The first kappa shape index (κ1) is 11.7. The van der Waals surface area contributed by atoms with E-state index >= 15 is 0 Å². The first-order valence-corrected chi connectivity index (χ1v) is 5.13. The van der Waals surface area contributed by atoms with Crippen LogP contribution in [0.1, 0.15) is 33.1 Å². The van der Waals surface area contributed by atoms with Crippen LogP contribution in [0.5, 0.6) is 0 Å². The quantitative estimate of drug-likeness (QED) is 0.525. The Balaban J connectivity index is 2.75. The molecule has 0 saturated heterocycles. The molecule has 3 heteroatoms. The predicted molar refractivity (Wildman–Crippen MR) is 57.3 cm³/mol. The van der Waals surface area contributed by atoms with Crippen LogP contribution >= 0.6 is 0 Å². The van der Waals surface area contributed by atoms with Crippen LogP contribution in [0.4, 0.5) is 0 Å². The molecule has 0 heterocycles. The lowest BCUT2D eigenvalue weighted by atomic mass is 10.1. The van der Waals surface area contributed by atoms with Gasteiger partial charge in [0.15, 0.2) is 5.78 Å². The summed E-state index contributed by atoms with van der Waals surface area (Å²) in [5.41, 5.74) is 1.63. The first-order valence-electron chi connectivity index (χ1n) is 5.13. The summed E-state index contributed by atoms with van der Waals surface area (Å²) in [5.74, 6) is -0.187. The zero-order chi connectivity index (χ0) is 11.4. The van der Waals surface area contributed by atoms with Gasteiger partial charge in [0.25, 0.3) is 0 Å². The van der Waals surface area contributed by atoms with Crippen LogP contribution in [0.25, 0.3) is 0 Å². The van der Waals surface area contributed by atoms with E-state index in [4.69, 9.17) is 4.74 Å². The molecule has 0 fully saturated rings. The summed E-state index contributed by atoms with van der Waals surface area (Å²) in [6.45, 7) is 7.18. The number of Topliss-reactive ketones (excluding diaryl/α,β-unsaturated/α-hetero) is 1. The van der Waals surface area contributed by atoms with Crippen molar-refractivity contribution in [3.05, 3.63) is 23.8 Å². The Hall–Kier alpha value is -1.38. The van der Waals surface area contributed by atoms with Gasteiger partial charge in [0.1, 0.15) is 6.10 Å². The van der Waals surface area contributed by atoms with Gasteiger partial charge in [-0.1, -0.05) is 13.0 Å². The minimum Gasteiger partial charge on any atom is -0.457 e. The monoisotopic (exact) mass is 208 g/mol. The van der Waals surface area contributed by atoms with E-state index < -0.39 is 0 Å². The second-order valence-corrected chi connectivity index (χ2v) is 3.61. The fourth-order valence-corrected chi connectivity index (χ4v) is 1.65. The largest absolute Gasteiger partial charge is 0.457 e. The zero-order valence-corrected chi connectivity index (χ0v) is 9.21. The molecule has 82 valence electrons. The lowest BCUT2D eigenvalue weighted by Gasteiger charge is -2.11. The molecule has 0 N–H and O–H groups in total. The molecule has 0 aromatic heterocycles. The number of allylic oxidation sites excluding steroid dienone is 2. The van der Waals surface area contributed by atoms with E-state index in [0.29, 0.717) is 19.3 Å². The smallest absolute Gasteiger partial charge is 0.306 e. The Morgan fingerprint density at radius 2 is 2.33 bits per heavy atom. The maximum atomic E-state index is 11.6. The molecule has 0 bridgehead atoms. The van der Waals surface area contributed by atoms with Crippen molar-refractivity contribution in [1.29, 1.82) is 0 Å². The summed E-state index contributed by atoms with van der Waals surface area (Å²) in [4.78, 5) is 22.7. The Morgan fingerprint density at radius 3 is 2.87 bits per heavy atom. The van der Waals surface area contributed by atoms with Crippen LogP contribution in [0.2, 0.25) is 0 Å². The molecule has 1 rings (SSSR count). The number of carbonyl (C=O) groups excluding carboxylic acids is 2. The molecule has 0 saturated carbocycles. The molecule has 1 unspecified atom stereocenters. The maximum Gasteiger partial charge on any atom is 0.306 e. The van der Waals surface area contributed by atoms with Gasteiger partial charge in [0.05, 0.1) is 6.42 Å². The standard InChI is InChI=1S/C12H16O3/c1-4-6-9-8(3)11(7-10(9)13)15-12(14)5-2/h4,11H,1,5-7H2,2-3H3. The Bertz CT molecular complexity index is 326. The zero-order valence-electron chi connectivity index (χ0n) is 9.21. The highest BCUT2D eigenvalue weighted by Gasteiger charge is 2.30. The number of esters is 1. The fraction of sp³-hybridized carbons (Fsp3) is 0.500.